The summed E-state index contributed by atoms with van der Waals surface area (Å²) in [6.07, 6.45) is 1.72. The predicted octanol–water partition coefficient (Wildman–Crippen LogP) is 0.753. The summed E-state index contributed by atoms with van der Waals surface area (Å²) in [6.45, 7) is 4.17. The molecule has 9 heteroatoms. The molecule has 3 aromatic heterocycles. The molecule has 1 aliphatic heterocycles. The van der Waals surface area contributed by atoms with E-state index < -0.39 is 0 Å². The number of nitrogens with zero attached hydrogens (tertiary/aromatic N) is 7. The lowest BCUT2D eigenvalue weighted by molar-refractivity contribution is -0.132. The van der Waals surface area contributed by atoms with Crippen molar-refractivity contribution in [2.75, 3.05) is 31.1 Å². The molecule has 1 aliphatic rings. The highest BCUT2D eigenvalue weighted by molar-refractivity contribution is 5.76. The maximum absolute atomic E-state index is 12.5. The summed E-state index contributed by atoms with van der Waals surface area (Å²) >= 11 is 0. The van der Waals surface area contributed by atoms with Crippen LogP contribution in [0.5, 0.6) is 0 Å². The molecule has 1 amide bonds. The summed E-state index contributed by atoms with van der Waals surface area (Å²) in [5, 5.41) is 12.7. The minimum atomic E-state index is -0.272. The maximum Gasteiger partial charge on any atom is 0.267 e. The molecule has 0 N–H and O–H groups in total. The monoisotopic (exact) mass is 391 g/mol. The first-order valence-corrected chi connectivity index (χ1v) is 9.43. The molecule has 9 nitrogen and oxygen atoms in total. The predicted molar refractivity (Wildman–Crippen MR) is 107 cm³/mol. The van der Waals surface area contributed by atoms with Crippen LogP contribution in [-0.2, 0) is 11.3 Å². The van der Waals surface area contributed by atoms with Crippen LogP contribution in [0.3, 0.4) is 0 Å². The van der Waals surface area contributed by atoms with Crippen LogP contribution < -0.4 is 10.5 Å². The number of aryl methyl sites for hydroxylation is 1. The Labute approximate surface area is 167 Å². The van der Waals surface area contributed by atoms with E-state index in [1.54, 1.807) is 24.1 Å². The molecule has 148 valence electrons. The van der Waals surface area contributed by atoms with Crippen LogP contribution in [0.2, 0.25) is 0 Å². The molecule has 0 spiro atoms. The highest BCUT2D eigenvalue weighted by Crippen LogP contribution is 2.17. The van der Waals surface area contributed by atoms with Crippen LogP contribution >= 0.6 is 0 Å². The molecule has 0 aliphatic carbocycles. The van der Waals surface area contributed by atoms with Crippen LogP contribution in [0.25, 0.3) is 11.4 Å². The van der Waals surface area contributed by atoms with Crippen molar-refractivity contribution in [3.05, 3.63) is 64.7 Å². The van der Waals surface area contributed by atoms with Gasteiger partial charge in [0.05, 0.1) is 11.4 Å². The second-order valence-corrected chi connectivity index (χ2v) is 6.83. The minimum Gasteiger partial charge on any atom is -0.352 e. The van der Waals surface area contributed by atoms with Crippen LogP contribution in [0, 0.1) is 6.92 Å². The SMILES string of the molecule is Cc1ccc(=O)n(CC(=O)N2CCN(c3ccc(-c4ccccn4)nn3)CC2)n1. The number of aromatic nitrogens is 5. The number of anilines is 1. The Morgan fingerprint density at radius 1 is 0.966 bits per heavy atom. The van der Waals surface area contributed by atoms with E-state index in [0.717, 1.165) is 17.2 Å². The van der Waals surface area contributed by atoms with E-state index in [4.69, 9.17) is 0 Å². The fourth-order valence-electron chi connectivity index (χ4n) is 3.22. The van der Waals surface area contributed by atoms with Gasteiger partial charge < -0.3 is 9.80 Å². The van der Waals surface area contributed by atoms with Gasteiger partial charge in [-0.2, -0.15) is 5.10 Å². The topological polar surface area (TPSA) is 97.1 Å². The van der Waals surface area contributed by atoms with E-state index in [0.29, 0.717) is 31.9 Å². The Morgan fingerprint density at radius 2 is 1.79 bits per heavy atom. The van der Waals surface area contributed by atoms with Gasteiger partial charge in [0.2, 0.25) is 5.91 Å². The van der Waals surface area contributed by atoms with Crippen molar-refractivity contribution in [3.8, 4) is 11.4 Å². The average molecular weight is 391 g/mol. The summed E-state index contributed by atoms with van der Waals surface area (Å²) in [7, 11) is 0. The normalized spacial score (nSPS) is 14.1. The van der Waals surface area contributed by atoms with Gasteiger partial charge >= 0.3 is 0 Å². The molecule has 4 heterocycles. The Balaban J connectivity index is 1.36. The number of amides is 1. The van der Waals surface area contributed by atoms with E-state index in [-0.39, 0.29) is 18.0 Å². The highest BCUT2D eigenvalue weighted by Gasteiger charge is 2.23. The molecule has 29 heavy (non-hydrogen) atoms. The molecule has 0 bridgehead atoms. The van der Waals surface area contributed by atoms with E-state index in [2.05, 4.69) is 25.2 Å². The second kappa shape index (κ2) is 8.17. The van der Waals surface area contributed by atoms with Gasteiger partial charge in [0.1, 0.15) is 12.2 Å². The molecule has 0 radical (unpaired) electrons. The third kappa shape index (κ3) is 4.29. The lowest BCUT2D eigenvalue weighted by Crippen LogP contribution is -2.50. The molecule has 0 unspecified atom stereocenters. The van der Waals surface area contributed by atoms with Gasteiger partial charge in [-0.05, 0) is 37.3 Å². The van der Waals surface area contributed by atoms with E-state index in [9.17, 15) is 9.59 Å². The van der Waals surface area contributed by atoms with Crippen molar-refractivity contribution < 1.29 is 4.79 Å². The fraction of sp³-hybridized carbons (Fsp3) is 0.300. The van der Waals surface area contributed by atoms with Crippen molar-refractivity contribution >= 4 is 11.7 Å². The van der Waals surface area contributed by atoms with Crippen molar-refractivity contribution in [2.45, 2.75) is 13.5 Å². The molecule has 0 aromatic carbocycles. The Kier molecular flexibility index (Phi) is 5.28. The van der Waals surface area contributed by atoms with Crippen molar-refractivity contribution in [1.29, 1.82) is 0 Å². The summed E-state index contributed by atoms with van der Waals surface area (Å²) in [6, 6.07) is 12.6. The summed E-state index contributed by atoms with van der Waals surface area (Å²) in [4.78, 5) is 32.5. The zero-order chi connectivity index (χ0) is 20.2. The number of rotatable bonds is 4. The molecule has 3 aromatic rings. The summed E-state index contributed by atoms with van der Waals surface area (Å²) in [5.74, 6) is 0.662. The largest absolute Gasteiger partial charge is 0.352 e. The zero-order valence-electron chi connectivity index (χ0n) is 16.1. The molecular weight excluding hydrogens is 370 g/mol. The number of hydrogen-bond donors (Lipinski definition) is 0. The van der Waals surface area contributed by atoms with E-state index in [1.165, 1.54) is 10.7 Å². The fourth-order valence-corrected chi connectivity index (χ4v) is 3.22. The minimum absolute atomic E-state index is 0.0426. The molecule has 4 rings (SSSR count). The van der Waals surface area contributed by atoms with Crippen molar-refractivity contribution in [1.82, 2.24) is 29.9 Å². The first kappa shape index (κ1) is 18.7. The Hall–Kier alpha value is -3.62. The van der Waals surface area contributed by atoms with Gasteiger partial charge in [0, 0.05) is 38.4 Å². The summed E-state index contributed by atoms with van der Waals surface area (Å²) in [5.41, 5.74) is 1.93. The van der Waals surface area contributed by atoms with Crippen LogP contribution in [0.15, 0.2) is 53.5 Å². The quantitative estimate of drug-likeness (QED) is 0.647. The van der Waals surface area contributed by atoms with E-state index in [1.807, 2.05) is 30.3 Å². The van der Waals surface area contributed by atoms with Gasteiger partial charge in [0.15, 0.2) is 5.82 Å². The van der Waals surface area contributed by atoms with Crippen molar-refractivity contribution in [3.63, 3.8) is 0 Å². The van der Waals surface area contributed by atoms with Gasteiger partial charge in [-0.25, -0.2) is 4.68 Å². The Bertz CT molecular complexity index is 1040. The first-order chi connectivity index (χ1) is 14.1. The second-order valence-electron chi connectivity index (χ2n) is 6.83. The number of carbonyl (C=O) groups is 1. The highest BCUT2D eigenvalue weighted by atomic mass is 16.2. The third-order valence-electron chi connectivity index (χ3n) is 4.82. The molecule has 1 fully saturated rings. The zero-order valence-corrected chi connectivity index (χ0v) is 16.1. The first-order valence-electron chi connectivity index (χ1n) is 9.43. The van der Waals surface area contributed by atoms with E-state index >= 15 is 0 Å². The smallest absolute Gasteiger partial charge is 0.267 e. The number of hydrogen-bond acceptors (Lipinski definition) is 7. The molecular formula is C20H21N7O2. The van der Waals surface area contributed by atoms with Gasteiger partial charge in [0.25, 0.3) is 5.56 Å². The Morgan fingerprint density at radius 3 is 2.48 bits per heavy atom. The number of pyridine rings is 1. The lowest BCUT2D eigenvalue weighted by atomic mass is 10.2. The van der Waals surface area contributed by atoms with Gasteiger partial charge in [-0.3, -0.25) is 14.6 Å². The van der Waals surface area contributed by atoms with Crippen molar-refractivity contribution in [2.24, 2.45) is 0 Å². The molecule has 0 saturated carbocycles. The van der Waals surface area contributed by atoms with Crippen LogP contribution in [0.4, 0.5) is 5.82 Å². The number of carbonyl (C=O) groups excluding carboxylic acids is 1. The lowest BCUT2D eigenvalue weighted by Gasteiger charge is -2.35. The van der Waals surface area contributed by atoms with Gasteiger partial charge in [-0.15, -0.1) is 10.2 Å². The van der Waals surface area contributed by atoms with Crippen LogP contribution in [0.1, 0.15) is 5.69 Å². The van der Waals surface area contributed by atoms with Gasteiger partial charge in [-0.1, -0.05) is 6.07 Å². The summed E-state index contributed by atoms with van der Waals surface area (Å²) < 4.78 is 1.21. The average Bonchev–Trinajstić information content (AvgIpc) is 2.77. The molecule has 1 saturated heterocycles. The standard InChI is InChI=1S/C20H21N7O2/c1-15-5-8-19(28)27(24-15)14-20(29)26-12-10-25(11-13-26)18-7-6-17(22-23-18)16-4-2-3-9-21-16/h2-9H,10-14H2,1H3. The molecule has 0 atom stereocenters. The number of piperazine rings is 1. The third-order valence-corrected chi connectivity index (χ3v) is 4.82. The van der Waals surface area contributed by atoms with Crippen LogP contribution in [-0.4, -0.2) is 61.9 Å². The maximum atomic E-state index is 12.5.